The number of nitrogens with one attached hydrogen (secondary N) is 2. The Morgan fingerprint density at radius 1 is 1.24 bits per heavy atom. The molecule has 1 heterocycles. The summed E-state index contributed by atoms with van der Waals surface area (Å²) in [5.74, 6) is 2.49. The van der Waals surface area contributed by atoms with Crippen molar-refractivity contribution in [1.29, 1.82) is 0 Å². The molecule has 0 aromatic rings. The van der Waals surface area contributed by atoms with Crippen LogP contribution in [0.1, 0.15) is 25.7 Å². The Morgan fingerprint density at radius 3 is 2.71 bits per heavy atom. The molecule has 1 amide bonds. The van der Waals surface area contributed by atoms with Gasteiger partial charge in [-0.25, -0.2) is 0 Å². The molecule has 2 aliphatic carbocycles. The number of hydrogen-bond donors (Lipinski definition) is 2. The fraction of sp³-hybridized carbons (Fsp3) is 0.786. The van der Waals surface area contributed by atoms with Gasteiger partial charge in [0.25, 0.3) is 0 Å². The van der Waals surface area contributed by atoms with Crippen molar-refractivity contribution in [2.24, 2.45) is 23.7 Å². The molecule has 2 N–H and O–H groups in total. The molecule has 1 aliphatic heterocycles. The van der Waals surface area contributed by atoms with E-state index in [1.807, 2.05) is 0 Å². The van der Waals surface area contributed by atoms with Crippen molar-refractivity contribution in [3.05, 3.63) is 12.2 Å². The average molecular weight is 234 g/mol. The quantitative estimate of drug-likeness (QED) is 0.723. The Bertz CT molecular complexity index is 320. The van der Waals surface area contributed by atoms with Gasteiger partial charge in [-0.3, -0.25) is 4.79 Å². The molecule has 1 saturated carbocycles. The first kappa shape index (κ1) is 11.3. The highest BCUT2D eigenvalue weighted by Crippen LogP contribution is 2.43. The molecular weight excluding hydrogens is 212 g/mol. The first-order valence-electron chi connectivity index (χ1n) is 6.99. The first-order valence-corrected chi connectivity index (χ1v) is 6.99. The second-order valence-electron chi connectivity index (χ2n) is 5.83. The topological polar surface area (TPSA) is 41.1 Å². The summed E-state index contributed by atoms with van der Waals surface area (Å²) >= 11 is 0. The van der Waals surface area contributed by atoms with E-state index in [9.17, 15) is 4.79 Å². The van der Waals surface area contributed by atoms with Crippen molar-refractivity contribution in [2.45, 2.75) is 25.7 Å². The van der Waals surface area contributed by atoms with Crippen molar-refractivity contribution in [2.75, 3.05) is 19.6 Å². The van der Waals surface area contributed by atoms with Gasteiger partial charge in [-0.2, -0.15) is 0 Å². The molecule has 17 heavy (non-hydrogen) atoms. The Labute approximate surface area is 103 Å². The Morgan fingerprint density at radius 2 is 2.06 bits per heavy atom. The van der Waals surface area contributed by atoms with Gasteiger partial charge in [0.1, 0.15) is 0 Å². The molecule has 0 aromatic heterocycles. The number of piperidine rings is 1. The minimum atomic E-state index is 0.270. The lowest BCUT2D eigenvalue weighted by atomic mass is 9.92. The Hall–Kier alpha value is -0.830. The summed E-state index contributed by atoms with van der Waals surface area (Å²) < 4.78 is 0. The highest BCUT2D eigenvalue weighted by molar-refractivity contribution is 5.79. The maximum Gasteiger partial charge on any atom is 0.223 e. The van der Waals surface area contributed by atoms with Crippen molar-refractivity contribution < 1.29 is 4.79 Å². The fourth-order valence-corrected chi connectivity index (χ4v) is 3.54. The maximum atomic E-state index is 12.1. The molecule has 94 valence electrons. The number of amides is 1. The van der Waals surface area contributed by atoms with Gasteiger partial charge in [0, 0.05) is 12.5 Å². The summed E-state index contributed by atoms with van der Waals surface area (Å²) in [5, 5.41) is 6.54. The summed E-state index contributed by atoms with van der Waals surface area (Å²) in [7, 11) is 0. The third-order valence-electron chi connectivity index (χ3n) is 4.64. The molecule has 3 aliphatic rings. The van der Waals surface area contributed by atoms with Gasteiger partial charge in [-0.05, 0) is 56.5 Å². The molecule has 0 radical (unpaired) electrons. The van der Waals surface area contributed by atoms with Crippen LogP contribution in [-0.4, -0.2) is 25.5 Å². The lowest BCUT2D eigenvalue weighted by Gasteiger charge is -2.24. The van der Waals surface area contributed by atoms with Gasteiger partial charge in [0.05, 0.1) is 0 Å². The van der Waals surface area contributed by atoms with E-state index in [0.717, 1.165) is 26.1 Å². The van der Waals surface area contributed by atoms with E-state index >= 15 is 0 Å². The second kappa shape index (κ2) is 4.81. The molecule has 0 aromatic carbocycles. The maximum absolute atomic E-state index is 12.1. The monoisotopic (exact) mass is 234 g/mol. The van der Waals surface area contributed by atoms with Crippen LogP contribution in [0.4, 0.5) is 0 Å². The van der Waals surface area contributed by atoms with Gasteiger partial charge >= 0.3 is 0 Å². The predicted octanol–water partition coefficient (Wildman–Crippen LogP) is 1.31. The minimum Gasteiger partial charge on any atom is -0.356 e. The van der Waals surface area contributed by atoms with Crippen LogP contribution in [0.25, 0.3) is 0 Å². The van der Waals surface area contributed by atoms with Gasteiger partial charge in [-0.15, -0.1) is 0 Å². The lowest BCUT2D eigenvalue weighted by Crippen LogP contribution is -2.39. The van der Waals surface area contributed by atoms with Crippen LogP contribution in [0.5, 0.6) is 0 Å². The molecule has 3 nitrogen and oxygen atoms in total. The van der Waals surface area contributed by atoms with Crippen LogP contribution in [0, 0.1) is 23.7 Å². The number of carbonyl (C=O) groups is 1. The summed E-state index contributed by atoms with van der Waals surface area (Å²) in [4.78, 5) is 12.1. The number of allylic oxidation sites excluding steroid dienone is 2. The number of hydrogen-bond acceptors (Lipinski definition) is 2. The highest BCUT2D eigenvalue weighted by atomic mass is 16.1. The van der Waals surface area contributed by atoms with Crippen molar-refractivity contribution >= 4 is 5.91 Å². The molecular formula is C14H22N2O. The molecule has 3 heteroatoms. The van der Waals surface area contributed by atoms with E-state index in [1.54, 1.807) is 0 Å². The van der Waals surface area contributed by atoms with Gasteiger partial charge < -0.3 is 10.6 Å². The molecule has 2 bridgehead atoms. The van der Waals surface area contributed by atoms with Gasteiger partial charge in [-0.1, -0.05) is 12.2 Å². The molecule has 3 unspecified atom stereocenters. The molecule has 1 saturated heterocycles. The third-order valence-corrected chi connectivity index (χ3v) is 4.64. The number of carbonyl (C=O) groups excluding carboxylic acids is 1. The fourth-order valence-electron chi connectivity index (χ4n) is 3.54. The highest BCUT2D eigenvalue weighted by Gasteiger charge is 2.39. The first-order chi connectivity index (χ1) is 8.33. The summed E-state index contributed by atoms with van der Waals surface area (Å²) in [6.07, 6.45) is 9.25. The zero-order chi connectivity index (χ0) is 11.7. The standard InChI is InChI=1S/C14H22N2O/c17-14(13-8-11-1-2-12(13)7-11)16-9-10-3-5-15-6-4-10/h1-2,10-13,15H,3-9H2,(H,16,17). The number of fused-ring (bicyclic) bond motifs is 2. The molecule has 3 atom stereocenters. The van der Waals surface area contributed by atoms with E-state index in [1.165, 1.54) is 19.3 Å². The van der Waals surface area contributed by atoms with E-state index in [0.29, 0.717) is 23.7 Å². The van der Waals surface area contributed by atoms with Crippen LogP contribution >= 0.6 is 0 Å². The largest absolute Gasteiger partial charge is 0.356 e. The van der Waals surface area contributed by atoms with Crippen LogP contribution in [0.15, 0.2) is 12.2 Å². The summed E-state index contributed by atoms with van der Waals surface area (Å²) in [6.45, 7) is 3.10. The number of rotatable bonds is 3. The average Bonchev–Trinajstić information content (AvgIpc) is 2.99. The lowest BCUT2D eigenvalue weighted by molar-refractivity contribution is -0.125. The SMILES string of the molecule is O=C(NCC1CCNCC1)C1CC2C=CC1C2. The van der Waals surface area contributed by atoms with Crippen molar-refractivity contribution in [1.82, 2.24) is 10.6 Å². The molecule has 2 fully saturated rings. The Balaban J connectivity index is 1.45. The predicted molar refractivity (Wildman–Crippen MR) is 67.4 cm³/mol. The van der Waals surface area contributed by atoms with Crippen molar-refractivity contribution in [3.63, 3.8) is 0 Å². The smallest absolute Gasteiger partial charge is 0.223 e. The second-order valence-corrected chi connectivity index (χ2v) is 5.83. The zero-order valence-corrected chi connectivity index (χ0v) is 10.3. The third kappa shape index (κ3) is 2.39. The normalized spacial score (nSPS) is 36.4. The van der Waals surface area contributed by atoms with E-state index in [2.05, 4.69) is 22.8 Å². The van der Waals surface area contributed by atoms with Crippen LogP contribution < -0.4 is 10.6 Å². The van der Waals surface area contributed by atoms with Crippen LogP contribution in [0.2, 0.25) is 0 Å². The van der Waals surface area contributed by atoms with E-state index in [4.69, 9.17) is 0 Å². The minimum absolute atomic E-state index is 0.270. The summed E-state index contributed by atoms with van der Waals surface area (Å²) in [6, 6.07) is 0. The van der Waals surface area contributed by atoms with Gasteiger partial charge in [0.15, 0.2) is 0 Å². The zero-order valence-electron chi connectivity index (χ0n) is 10.3. The Kier molecular flexibility index (Phi) is 3.19. The van der Waals surface area contributed by atoms with E-state index < -0.39 is 0 Å². The molecule has 3 rings (SSSR count). The summed E-state index contributed by atoms with van der Waals surface area (Å²) in [5.41, 5.74) is 0. The van der Waals surface area contributed by atoms with E-state index in [-0.39, 0.29) is 5.92 Å². The molecule has 0 spiro atoms. The van der Waals surface area contributed by atoms with Gasteiger partial charge in [0.2, 0.25) is 5.91 Å². The van der Waals surface area contributed by atoms with Crippen LogP contribution in [-0.2, 0) is 4.79 Å². The van der Waals surface area contributed by atoms with Crippen molar-refractivity contribution in [3.8, 4) is 0 Å². The van der Waals surface area contributed by atoms with Crippen LogP contribution in [0.3, 0.4) is 0 Å².